The van der Waals surface area contributed by atoms with Crippen molar-refractivity contribution in [1.29, 1.82) is 0 Å². The van der Waals surface area contributed by atoms with Crippen molar-refractivity contribution in [2.45, 2.75) is 12.5 Å². The lowest BCUT2D eigenvalue weighted by Crippen LogP contribution is -2.53. The molecule has 7 heteroatoms. The Hall–Kier alpha value is -0.660. The Morgan fingerprint density at radius 3 is 2.65 bits per heavy atom. The van der Waals surface area contributed by atoms with E-state index in [1.165, 1.54) is 0 Å². The van der Waals surface area contributed by atoms with Gasteiger partial charge in [0.2, 0.25) is 0 Å². The van der Waals surface area contributed by atoms with E-state index >= 15 is 0 Å². The van der Waals surface area contributed by atoms with Crippen LogP contribution in [-0.4, -0.2) is 61.7 Å². The predicted octanol–water partition coefficient (Wildman–Crippen LogP) is 0.0126. The molecule has 17 heavy (non-hydrogen) atoms. The number of hydrogen-bond acceptors (Lipinski definition) is 4. The SMILES string of the molecule is C=CCNC(=S)N(C1CCS(=O)(=O)C1)N(C)C. The molecule has 98 valence electrons. The lowest BCUT2D eigenvalue weighted by Gasteiger charge is -2.35. The third kappa shape index (κ3) is 3.93. The predicted molar refractivity (Wildman–Crippen MR) is 73.4 cm³/mol. The van der Waals surface area contributed by atoms with E-state index in [1.807, 2.05) is 24.1 Å². The second-order valence-electron chi connectivity index (χ2n) is 4.22. The normalized spacial score (nSPS) is 22.4. The van der Waals surface area contributed by atoms with Gasteiger partial charge in [-0.3, -0.25) is 5.01 Å². The van der Waals surface area contributed by atoms with E-state index in [-0.39, 0.29) is 17.5 Å². The highest BCUT2D eigenvalue weighted by atomic mass is 32.2. The third-order valence-corrected chi connectivity index (χ3v) is 4.67. The fourth-order valence-electron chi connectivity index (χ4n) is 1.88. The van der Waals surface area contributed by atoms with Crippen LogP contribution in [0.5, 0.6) is 0 Å². The van der Waals surface area contributed by atoms with Gasteiger partial charge >= 0.3 is 0 Å². The topological polar surface area (TPSA) is 52.7 Å². The lowest BCUT2D eigenvalue weighted by molar-refractivity contribution is 0.0716. The van der Waals surface area contributed by atoms with Crippen LogP contribution in [0.1, 0.15) is 6.42 Å². The molecular weight excluding hydrogens is 258 g/mol. The summed E-state index contributed by atoms with van der Waals surface area (Å²) in [5, 5.41) is 7.21. The molecule has 1 atom stereocenters. The van der Waals surface area contributed by atoms with Gasteiger partial charge in [0.05, 0.1) is 17.5 Å². The summed E-state index contributed by atoms with van der Waals surface area (Å²) in [4.78, 5) is 0. The van der Waals surface area contributed by atoms with E-state index in [4.69, 9.17) is 12.2 Å². The highest BCUT2D eigenvalue weighted by Gasteiger charge is 2.34. The molecule has 0 amide bonds. The number of nitrogens with one attached hydrogen (secondary N) is 1. The van der Waals surface area contributed by atoms with Crippen LogP contribution in [0.4, 0.5) is 0 Å². The van der Waals surface area contributed by atoms with Gasteiger partial charge in [-0.05, 0) is 18.6 Å². The summed E-state index contributed by atoms with van der Waals surface area (Å²) in [5.41, 5.74) is 0. The van der Waals surface area contributed by atoms with E-state index < -0.39 is 9.84 Å². The Kier molecular flexibility index (Phi) is 4.91. The molecule has 0 aromatic carbocycles. The van der Waals surface area contributed by atoms with E-state index in [0.29, 0.717) is 18.1 Å². The van der Waals surface area contributed by atoms with Crippen LogP contribution in [-0.2, 0) is 9.84 Å². The van der Waals surface area contributed by atoms with Crippen LogP contribution < -0.4 is 5.32 Å². The summed E-state index contributed by atoms with van der Waals surface area (Å²) in [5.74, 6) is 0.410. The van der Waals surface area contributed by atoms with Crippen LogP contribution in [0, 0.1) is 0 Å². The van der Waals surface area contributed by atoms with Gasteiger partial charge in [0.25, 0.3) is 0 Å². The summed E-state index contributed by atoms with van der Waals surface area (Å²) in [6, 6.07) is -0.0696. The smallest absolute Gasteiger partial charge is 0.184 e. The number of hydrogen-bond donors (Lipinski definition) is 1. The van der Waals surface area contributed by atoms with Crippen molar-refractivity contribution in [3.63, 3.8) is 0 Å². The summed E-state index contributed by atoms with van der Waals surface area (Å²) < 4.78 is 23.0. The number of thiocarbonyl (C=S) groups is 1. The molecule has 0 radical (unpaired) electrons. The van der Waals surface area contributed by atoms with Gasteiger partial charge in [-0.2, -0.15) is 0 Å². The van der Waals surface area contributed by atoms with Crippen LogP contribution in [0.25, 0.3) is 0 Å². The van der Waals surface area contributed by atoms with Crippen molar-refractivity contribution in [1.82, 2.24) is 15.3 Å². The molecule has 1 unspecified atom stereocenters. The Balaban J connectivity index is 2.73. The quantitative estimate of drug-likeness (QED) is 0.444. The van der Waals surface area contributed by atoms with Gasteiger partial charge in [-0.25, -0.2) is 13.4 Å². The van der Waals surface area contributed by atoms with Crippen molar-refractivity contribution in [2.24, 2.45) is 0 Å². The molecule has 5 nitrogen and oxygen atoms in total. The molecule has 1 aliphatic rings. The Labute approximate surface area is 108 Å². The average Bonchev–Trinajstić information content (AvgIpc) is 2.55. The highest BCUT2D eigenvalue weighted by molar-refractivity contribution is 7.91. The molecule has 1 saturated heterocycles. The Bertz CT molecular complexity index is 392. The van der Waals surface area contributed by atoms with Gasteiger partial charge in [0.15, 0.2) is 14.9 Å². The summed E-state index contributed by atoms with van der Waals surface area (Å²) >= 11 is 5.26. The summed E-state index contributed by atoms with van der Waals surface area (Å²) in [6.07, 6.45) is 2.34. The van der Waals surface area contributed by atoms with Gasteiger partial charge < -0.3 is 5.32 Å². The van der Waals surface area contributed by atoms with Crippen molar-refractivity contribution in [2.75, 3.05) is 32.1 Å². The number of rotatable bonds is 4. The molecule has 1 aliphatic heterocycles. The minimum absolute atomic E-state index is 0.0696. The maximum atomic E-state index is 11.5. The maximum absolute atomic E-state index is 11.5. The van der Waals surface area contributed by atoms with Gasteiger partial charge in [-0.15, -0.1) is 6.58 Å². The maximum Gasteiger partial charge on any atom is 0.184 e. The van der Waals surface area contributed by atoms with Crippen LogP contribution >= 0.6 is 12.2 Å². The zero-order valence-corrected chi connectivity index (χ0v) is 11.9. The largest absolute Gasteiger partial charge is 0.358 e. The lowest BCUT2D eigenvalue weighted by atomic mass is 10.2. The molecule has 0 spiro atoms. The fourth-order valence-corrected chi connectivity index (χ4v) is 3.97. The van der Waals surface area contributed by atoms with Crippen LogP contribution in [0.3, 0.4) is 0 Å². The zero-order valence-electron chi connectivity index (χ0n) is 10.2. The molecule has 0 bridgehead atoms. The monoisotopic (exact) mass is 277 g/mol. The first-order valence-electron chi connectivity index (χ1n) is 5.43. The van der Waals surface area contributed by atoms with Gasteiger partial charge in [0.1, 0.15) is 0 Å². The third-order valence-electron chi connectivity index (χ3n) is 2.59. The zero-order chi connectivity index (χ0) is 13.1. The summed E-state index contributed by atoms with van der Waals surface area (Å²) in [6.45, 7) is 4.18. The first kappa shape index (κ1) is 14.4. The summed E-state index contributed by atoms with van der Waals surface area (Å²) in [7, 11) is 0.804. The molecular formula is C10H19N3O2S2. The first-order valence-corrected chi connectivity index (χ1v) is 7.66. The Morgan fingerprint density at radius 2 is 2.24 bits per heavy atom. The van der Waals surface area contributed by atoms with E-state index in [0.717, 1.165) is 0 Å². The van der Waals surface area contributed by atoms with Crippen molar-refractivity contribution in [3.05, 3.63) is 12.7 Å². The second-order valence-corrected chi connectivity index (χ2v) is 6.84. The van der Waals surface area contributed by atoms with Crippen molar-refractivity contribution < 1.29 is 8.42 Å². The molecule has 0 saturated carbocycles. The standard InChI is InChI=1S/C10H19N3O2S2/c1-4-6-11-10(16)13(12(2)3)9-5-7-17(14,15)8-9/h4,9H,1,5-8H2,2-3H3,(H,11,16). The molecule has 1 N–H and O–H groups in total. The number of sulfone groups is 1. The van der Waals surface area contributed by atoms with Crippen LogP contribution in [0.2, 0.25) is 0 Å². The molecule has 1 heterocycles. The first-order chi connectivity index (χ1) is 7.87. The highest BCUT2D eigenvalue weighted by Crippen LogP contribution is 2.18. The fraction of sp³-hybridized carbons (Fsp3) is 0.700. The molecule has 0 aromatic heterocycles. The molecule has 1 rings (SSSR count). The molecule has 0 aromatic rings. The van der Waals surface area contributed by atoms with Crippen molar-refractivity contribution in [3.8, 4) is 0 Å². The minimum Gasteiger partial charge on any atom is -0.358 e. The second kappa shape index (κ2) is 5.79. The Morgan fingerprint density at radius 1 is 1.59 bits per heavy atom. The average molecular weight is 277 g/mol. The van der Waals surface area contributed by atoms with E-state index in [1.54, 1.807) is 6.08 Å². The number of nitrogens with zero attached hydrogens (tertiary/aromatic N) is 2. The van der Waals surface area contributed by atoms with Crippen molar-refractivity contribution >= 4 is 27.2 Å². The van der Waals surface area contributed by atoms with Gasteiger partial charge in [0, 0.05) is 20.6 Å². The van der Waals surface area contributed by atoms with Crippen LogP contribution in [0.15, 0.2) is 12.7 Å². The van der Waals surface area contributed by atoms with E-state index in [9.17, 15) is 8.42 Å². The number of hydrazine groups is 1. The van der Waals surface area contributed by atoms with E-state index in [2.05, 4.69) is 11.9 Å². The van der Waals surface area contributed by atoms with Gasteiger partial charge in [-0.1, -0.05) is 6.08 Å². The molecule has 0 aliphatic carbocycles. The molecule has 1 fully saturated rings. The minimum atomic E-state index is -2.90.